The van der Waals surface area contributed by atoms with Crippen molar-refractivity contribution in [3.63, 3.8) is 0 Å². The minimum atomic E-state index is -4.57. The van der Waals surface area contributed by atoms with Gasteiger partial charge in [0.1, 0.15) is 11.5 Å². The SMILES string of the molecule is C=C(Nc1nc2ccccc2s1)c1cccc2c1CN(c1ccc(-c3ccc(CC4CCC(C)CC4)cc3C(F)(F)F)c(C=O)n1)CC2.C=C1CCC(c2nn(C)c3cc(N4CCN(CCCC)CC4)ccc23)C(=C)N1. The molecule has 14 heteroatoms. The Morgan fingerprint density at radius 2 is 1.66 bits per heavy atom. The second-order valence-corrected chi connectivity index (χ2v) is 22.4. The topological polar surface area (TPSA) is 94.4 Å². The van der Waals surface area contributed by atoms with Crippen molar-refractivity contribution >= 4 is 61.1 Å². The summed E-state index contributed by atoms with van der Waals surface area (Å²) in [6, 6.07) is 28.8. The van der Waals surface area contributed by atoms with E-state index in [0.29, 0.717) is 49.0 Å². The van der Waals surface area contributed by atoms with Crippen LogP contribution >= 0.6 is 11.3 Å². The molecule has 0 spiro atoms. The first kappa shape index (κ1) is 52.7. The number of anilines is 3. The van der Waals surface area contributed by atoms with E-state index in [1.807, 2.05) is 41.1 Å². The third-order valence-corrected chi connectivity index (χ3v) is 17.0. The minimum Gasteiger partial charge on any atom is -0.369 e. The molecule has 3 fully saturated rings. The van der Waals surface area contributed by atoms with Gasteiger partial charge in [-0.25, -0.2) is 9.97 Å². The normalized spacial score (nSPS) is 19.3. The third kappa shape index (κ3) is 11.6. The lowest BCUT2D eigenvalue weighted by molar-refractivity contribution is -0.137. The summed E-state index contributed by atoms with van der Waals surface area (Å²) < 4.78 is 46.5. The molecule has 2 saturated heterocycles. The number of fused-ring (bicyclic) bond motifs is 3. The maximum Gasteiger partial charge on any atom is 0.417 e. The summed E-state index contributed by atoms with van der Waals surface area (Å²) in [7, 11) is 2.05. The molecule has 1 atom stereocenters. The van der Waals surface area contributed by atoms with E-state index in [4.69, 9.17) is 5.10 Å². The number of unbranched alkanes of at least 4 members (excludes halogenated alkanes) is 1. The number of hydrogen-bond donors (Lipinski definition) is 2. The summed E-state index contributed by atoms with van der Waals surface area (Å²) in [5, 5.41) is 13.6. The fourth-order valence-electron chi connectivity index (χ4n) is 11.7. The van der Waals surface area contributed by atoms with Crippen LogP contribution in [0.3, 0.4) is 0 Å². The molecule has 7 aromatic rings. The number of para-hydroxylation sites is 1. The molecule has 0 bridgehead atoms. The Hall–Kier alpha value is -6.77. The van der Waals surface area contributed by atoms with Crippen molar-refractivity contribution in [2.75, 3.05) is 54.4 Å². The lowest BCUT2D eigenvalue weighted by atomic mass is 9.80. The van der Waals surface area contributed by atoms with Crippen LogP contribution < -0.4 is 20.4 Å². The zero-order chi connectivity index (χ0) is 53.1. The number of aldehydes is 1. The van der Waals surface area contributed by atoms with Gasteiger partial charge in [-0.2, -0.15) is 18.3 Å². The molecule has 11 rings (SSSR count). The monoisotopic (exact) mass is 1050 g/mol. The van der Waals surface area contributed by atoms with Crippen molar-refractivity contribution < 1.29 is 18.0 Å². The standard InChI is InChI=1S/C39H37F3N4OS.C23H33N5/c1-24-10-12-26(13-11-24)20-27-14-15-30(33(21-27)39(40,41)42)31-16-17-37(44-35(31)23-47)46-19-18-28-6-5-7-29(32(28)22-46)25(2)43-38-45-34-8-3-4-9-36(34)48-38;1-5-6-11-27-12-14-28(15-13-27)19-8-10-21-22(16-19)26(4)25-23(21)20-9-7-17(2)24-18(20)3/h3-9,14-17,21,23-24,26H,2,10-13,18-20,22H2,1H3,(H,43,45);8,10,16,20,24H,2-3,5-7,9,11-15H2,1,4H3. The number of aromatic nitrogens is 4. The number of alkyl halides is 3. The van der Waals surface area contributed by atoms with Crippen molar-refractivity contribution in [2.45, 2.75) is 96.7 Å². The van der Waals surface area contributed by atoms with Crippen molar-refractivity contribution in [3.05, 3.63) is 161 Å². The van der Waals surface area contributed by atoms with Crippen LogP contribution in [0.2, 0.25) is 0 Å². The lowest BCUT2D eigenvalue weighted by Crippen LogP contribution is -2.46. The average molecular weight is 1050 g/mol. The molecule has 1 saturated carbocycles. The number of benzene rings is 4. The summed E-state index contributed by atoms with van der Waals surface area (Å²) in [6.07, 6.45) is 6.28. The third-order valence-electron chi connectivity index (χ3n) is 16.1. The van der Waals surface area contributed by atoms with Crippen LogP contribution in [0.5, 0.6) is 0 Å². The molecule has 6 heterocycles. The molecule has 396 valence electrons. The van der Waals surface area contributed by atoms with Gasteiger partial charge in [0.15, 0.2) is 11.4 Å². The van der Waals surface area contributed by atoms with E-state index >= 15 is 0 Å². The highest BCUT2D eigenvalue weighted by Gasteiger charge is 2.35. The zero-order valence-electron chi connectivity index (χ0n) is 44.2. The highest BCUT2D eigenvalue weighted by Crippen LogP contribution is 2.42. The molecule has 76 heavy (non-hydrogen) atoms. The molecule has 0 radical (unpaired) electrons. The summed E-state index contributed by atoms with van der Waals surface area (Å²) >= 11 is 1.56. The summed E-state index contributed by atoms with van der Waals surface area (Å²) in [5.41, 5.74) is 10.7. The molecular formula is C62H70F3N9OS. The molecule has 2 N–H and O–H groups in total. The smallest absolute Gasteiger partial charge is 0.369 e. The number of allylic oxidation sites excluding steroid dienone is 2. The second kappa shape index (κ2) is 22.8. The number of rotatable bonds is 13. The van der Waals surface area contributed by atoms with E-state index in [-0.39, 0.29) is 22.7 Å². The van der Waals surface area contributed by atoms with Crippen molar-refractivity contribution in [1.29, 1.82) is 0 Å². The number of halogens is 3. The molecule has 4 aliphatic rings. The van der Waals surface area contributed by atoms with E-state index in [2.05, 4.69) is 100 Å². The lowest BCUT2D eigenvalue weighted by Gasteiger charge is -2.36. The van der Waals surface area contributed by atoms with Crippen LogP contribution in [0.15, 0.2) is 122 Å². The number of carbonyl (C=O) groups is 1. The van der Waals surface area contributed by atoms with E-state index in [1.54, 1.807) is 29.5 Å². The average Bonchev–Trinajstić information content (AvgIpc) is 4.00. The van der Waals surface area contributed by atoms with E-state index < -0.39 is 11.7 Å². The van der Waals surface area contributed by atoms with Crippen molar-refractivity contribution in [2.24, 2.45) is 18.9 Å². The Morgan fingerprint density at radius 3 is 2.41 bits per heavy atom. The van der Waals surface area contributed by atoms with Crippen LogP contribution in [0.25, 0.3) is 37.9 Å². The zero-order valence-corrected chi connectivity index (χ0v) is 45.0. The first-order chi connectivity index (χ1) is 36.7. The van der Waals surface area contributed by atoms with Crippen LogP contribution in [0.1, 0.15) is 115 Å². The Morgan fingerprint density at radius 1 is 0.868 bits per heavy atom. The molecule has 1 aliphatic carbocycles. The van der Waals surface area contributed by atoms with E-state index in [0.717, 1.165) is 120 Å². The van der Waals surface area contributed by atoms with Gasteiger partial charge in [-0.3, -0.25) is 14.4 Å². The summed E-state index contributed by atoms with van der Waals surface area (Å²) in [4.78, 5) is 28.8. The van der Waals surface area contributed by atoms with Gasteiger partial charge in [0, 0.05) is 91.5 Å². The molecule has 4 aromatic carbocycles. The number of nitrogens with one attached hydrogen (secondary N) is 2. The maximum atomic E-state index is 14.5. The minimum absolute atomic E-state index is 0.00647. The van der Waals surface area contributed by atoms with Crippen molar-refractivity contribution in [1.82, 2.24) is 30.0 Å². The summed E-state index contributed by atoms with van der Waals surface area (Å²) in [5.74, 6) is 1.88. The maximum absolute atomic E-state index is 14.5. The number of thiazole rings is 1. The largest absolute Gasteiger partial charge is 0.417 e. The Balaban J connectivity index is 0.000000199. The number of pyridine rings is 1. The van der Waals surface area contributed by atoms with Gasteiger partial charge < -0.3 is 20.4 Å². The number of nitrogens with zero attached hydrogens (tertiary/aromatic N) is 7. The van der Waals surface area contributed by atoms with Gasteiger partial charge in [-0.1, -0.05) is 107 Å². The van der Waals surface area contributed by atoms with Crippen LogP contribution in [-0.2, 0) is 32.6 Å². The summed E-state index contributed by atoms with van der Waals surface area (Å²) in [6.45, 7) is 24.0. The predicted octanol–water partition coefficient (Wildman–Crippen LogP) is 14.2. The highest BCUT2D eigenvalue weighted by molar-refractivity contribution is 7.22. The van der Waals surface area contributed by atoms with Crippen LogP contribution in [0, 0.1) is 11.8 Å². The van der Waals surface area contributed by atoms with E-state index in [1.165, 1.54) is 53.7 Å². The second-order valence-electron chi connectivity index (χ2n) is 21.4. The number of aryl methyl sites for hydroxylation is 1. The predicted molar refractivity (Wildman–Crippen MR) is 306 cm³/mol. The fourth-order valence-corrected chi connectivity index (χ4v) is 12.6. The van der Waals surface area contributed by atoms with Gasteiger partial charge in [-0.15, -0.1) is 0 Å². The van der Waals surface area contributed by atoms with Crippen molar-refractivity contribution in [3.8, 4) is 11.1 Å². The molecular weight excluding hydrogens is 976 g/mol. The van der Waals surface area contributed by atoms with Gasteiger partial charge >= 0.3 is 6.18 Å². The molecule has 1 unspecified atom stereocenters. The van der Waals surface area contributed by atoms with E-state index in [9.17, 15) is 18.0 Å². The quantitative estimate of drug-likeness (QED) is 0.110. The number of carbonyl (C=O) groups excluding carboxylic acids is 1. The first-order valence-electron chi connectivity index (χ1n) is 27.1. The number of piperazine rings is 1. The molecule has 0 amide bonds. The first-order valence-corrected chi connectivity index (χ1v) is 28.0. The Labute approximate surface area is 449 Å². The Kier molecular flexibility index (Phi) is 15.8. The van der Waals surface area contributed by atoms with Gasteiger partial charge in [0.05, 0.1) is 27.0 Å². The van der Waals surface area contributed by atoms with Gasteiger partial charge in [0.25, 0.3) is 0 Å². The van der Waals surface area contributed by atoms with Crippen LogP contribution in [-0.4, -0.2) is 70.2 Å². The highest BCUT2D eigenvalue weighted by atomic mass is 32.1. The number of hydrogen-bond acceptors (Lipinski definition) is 10. The molecule has 3 aromatic heterocycles. The van der Waals surface area contributed by atoms with Crippen LogP contribution in [0.4, 0.5) is 29.8 Å². The van der Waals surface area contributed by atoms with Gasteiger partial charge in [-0.05, 0) is 134 Å². The fraction of sp³-hybridized carbons (Fsp3) is 0.387. The molecule has 3 aliphatic heterocycles. The van der Waals surface area contributed by atoms with Gasteiger partial charge in [0.2, 0.25) is 0 Å². The number of piperidine rings is 1. The molecule has 10 nitrogen and oxygen atoms in total. The Bertz CT molecular complexity index is 3240.